The first-order valence-electron chi connectivity index (χ1n) is 6.11. The second-order valence-corrected chi connectivity index (χ2v) is 4.92. The van der Waals surface area contributed by atoms with Crippen LogP contribution < -0.4 is 10.6 Å². The van der Waals surface area contributed by atoms with Gasteiger partial charge in [0.2, 0.25) is 0 Å². The van der Waals surface area contributed by atoms with E-state index in [1.807, 2.05) is 6.92 Å². The molecule has 0 spiro atoms. The van der Waals surface area contributed by atoms with E-state index in [-0.39, 0.29) is 24.8 Å². The zero-order valence-electron chi connectivity index (χ0n) is 9.94. The van der Waals surface area contributed by atoms with Crippen LogP contribution in [0.1, 0.15) is 19.8 Å². The van der Waals surface area contributed by atoms with Gasteiger partial charge in [0.25, 0.3) is 0 Å². The van der Waals surface area contributed by atoms with Gasteiger partial charge in [-0.05, 0) is 19.4 Å². The molecule has 1 aliphatic carbocycles. The first-order chi connectivity index (χ1) is 7.98. The summed E-state index contributed by atoms with van der Waals surface area (Å²) in [4.78, 5) is 0. The van der Waals surface area contributed by atoms with Crippen molar-refractivity contribution in [3.8, 4) is 0 Å². The Labute approximate surface area is 99.1 Å². The lowest BCUT2D eigenvalue weighted by atomic mass is 10.0. The molecule has 2 rings (SSSR count). The maximum absolute atomic E-state index is 12.7. The number of rotatable bonds is 5. The Morgan fingerprint density at radius 1 is 1.29 bits per heavy atom. The van der Waals surface area contributed by atoms with E-state index in [1.165, 1.54) is 0 Å². The van der Waals surface area contributed by atoms with Gasteiger partial charge in [0.15, 0.2) is 0 Å². The van der Waals surface area contributed by atoms with Crippen molar-refractivity contribution in [2.75, 3.05) is 26.3 Å². The minimum absolute atomic E-state index is 0.134. The number of halogens is 3. The maximum atomic E-state index is 12.7. The van der Waals surface area contributed by atoms with Crippen molar-refractivity contribution >= 4 is 0 Å². The Balaban J connectivity index is 1.82. The zero-order chi connectivity index (χ0) is 12.5. The van der Waals surface area contributed by atoms with Crippen molar-refractivity contribution < 1.29 is 17.9 Å². The van der Waals surface area contributed by atoms with Gasteiger partial charge in [-0.2, -0.15) is 13.2 Å². The third-order valence-electron chi connectivity index (χ3n) is 3.66. The number of likely N-dealkylation sites (N-methyl/N-ethyl adjacent to an activating group) is 1. The van der Waals surface area contributed by atoms with Crippen LogP contribution >= 0.6 is 0 Å². The summed E-state index contributed by atoms with van der Waals surface area (Å²) in [5.74, 6) is 0.134. The third-order valence-corrected chi connectivity index (χ3v) is 3.66. The summed E-state index contributed by atoms with van der Waals surface area (Å²) in [6.07, 6.45) is -3.72. The molecule has 1 aliphatic heterocycles. The van der Waals surface area contributed by atoms with Gasteiger partial charge in [-0.3, -0.25) is 0 Å². The van der Waals surface area contributed by atoms with Crippen LogP contribution in [-0.4, -0.2) is 44.1 Å². The second-order valence-electron chi connectivity index (χ2n) is 4.92. The van der Waals surface area contributed by atoms with Crippen LogP contribution in [0.15, 0.2) is 0 Å². The first-order valence-corrected chi connectivity index (χ1v) is 6.11. The van der Waals surface area contributed by atoms with Crippen LogP contribution in [0.4, 0.5) is 13.2 Å². The molecule has 17 heavy (non-hydrogen) atoms. The lowest BCUT2D eigenvalue weighted by molar-refractivity contribution is -0.166. The summed E-state index contributed by atoms with van der Waals surface area (Å²) in [6.45, 7) is 4.31. The van der Waals surface area contributed by atoms with E-state index in [4.69, 9.17) is 4.74 Å². The van der Waals surface area contributed by atoms with E-state index in [0.29, 0.717) is 19.8 Å². The quantitative estimate of drug-likeness (QED) is 0.773. The highest BCUT2D eigenvalue weighted by Gasteiger charge is 2.63. The molecule has 2 unspecified atom stereocenters. The number of alkyl halides is 3. The van der Waals surface area contributed by atoms with Crippen molar-refractivity contribution in [1.29, 1.82) is 0 Å². The molecule has 100 valence electrons. The van der Waals surface area contributed by atoms with Crippen molar-refractivity contribution in [2.45, 2.75) is 37.5 Å². The van der Waals surface area contributed by atoms with E-state index >= 15 is 0 Å². The Morgan fingerprint density at radius 3 is 2.53 bits per heavy atom. The van der Waals surface area contributed by atoms with Crippen LogP contribution in [0.2, 0.25) is 0 Å². The molecule has 6 heteroatoms. The number of hydrogen-bond donors (Lipinski definition) is 2. The molecule has 1 saturated heterocycles. The van der Waals surface area contributed by atoms with Gasteiger partial charge in [-0.15, -0.1) is 0 Å². The van der Waals surface area contributed by atoms with Crippen LogP contribution in [0.5, 0.6) is 0 Å². The SMILES string of the molecule is CCNC1COCC1CNC1(C(F)(F)F)CC1. The van der Waals surface area contributed by atoms with Gasteiger partial charge in [-0.25, -0.2) is 0 Å². The standard InChI is InChI=1S/C11H19F3N2O/c1-2-15-9-7-17-6-8(9)5-16-10(3-4-10)11(12,13)14/h8-9,15-16H,2-7H2,1H3. The summed E-state index contributed by atoms with van der Waals surface area (Å²) in [5.41, 5.74) is -1.60. The van der Waals surface area contributed by atoms with Crippen LogP contribution in [0.25, 0.3) is 0 Å². The zero-order valence-corrected chi connectivity index (χ0v) is 9.94. The Kier molecular flexibility index (Phi) is 3.66. The van der Waals surface area contributed by atoms with E-state index < -0.39 is 11.7 Å². The van der Waals surface area contributed by atoms with Crippen molar-refractivity contribution in [1.82, 2.24) is 10.6 Å². The highest BCUT2D eigenvalue weighted by molar-refractivity contribution is 5.08. The average Bonchev–Trinajstić information content (AvgIpc) is 2.93. The van der Waals surface area contributed by atoms with Crippen molar-refractivity contribution in [3.05, 3.63) is 0 Å². The van der Waals surface area contributed by atoms with Crippen molar-refractivity contribution in [2.24, 2.45) is 5.92 Å². The summed E-state index contributed by atoms with van der Waals surface area (Å²) < 4.78 is 43.4. The number of hydrogen-bond acceptors (Lipinski definition) is 3. The predicted octanol–water partition coefficient (Wildman–Crippen LogP) is 1.30. The average molecular weight is 252 g/mol. The highest BCUT2D eigenvalue weighted by Crippen LogP contribution is 2.48. The van der Waals surface area contributed by atoms with Crippen molar-refractivity contribution in [3.63, 3.8) is 0 Å². The largest absolute Gasteiger partial charge is 0.406 e. The van der Waals surface area contributed by atoms with Gasteiger partial charge in [0.05, 0.1) is 13.2 Å². The van der Waals surface area contributed by atoms with E-state index in [0.717, 1.165) is 6.54 Å². The molecule has 2 fully saturated rings. The molecule has 0 aromatic heterocycles. The molecule has 0 radical (unpaired) electrons. The van der Waals surface area contributed by atoms with Gasteiger partial charge in [-0.1, -0.05) is 6.92 Å². The van der Waals surface area contributed by atoms with E-state index in [9.17, 15) is 13.2 Å². The predicted molar refractivity (Wildman–Crippen MR) is 57.8 cm³/mol. The Morgan fingerprint density at radius 2 is 2.00 bits per heavy atom. The lowest BCUT2D eigenvalue weighted by Crippen LogP contribution is -2.49. The van der Waals surface area contributed by atoms with Crippen LogP contribution in [0, 0.1) is 5.92 Å². The fourth-order valence-corrected chi connectivity index (χ4v) is 2.30. The molecule has 0 bridgehead atoms. The fraction of sp³-hybridized carbons (Fsp3) is 1.00. The summed E-state index contributed by atoms with van der Waals surface area (Å²) in [6, 6.07) is 0.177. The Hall–Kier alpha value is -0.330. The highest BCUT2D eigenvalue weighted by atomic mass is 19.4. The fourth-order valence-electron chi connectivity index (χ4n) is 2.30. The molecule has 1 saturated carbocycles. The summed E-state index contributed by atoms with van der Waals surface area (Å²) in [7, 11) is 0. The van der Waals surface area contributed by atoms with E-state index in [1.54, 1.807) is 0 Å². The molecule has 2 atom stereocenters. The molecule has 2 N–H and O–H groups in total. The molecule has 0 aromatic carbocycles. The van der Waals surface area contributed by atoms with Gasteiger partial charge < -0.3 is 15.4 Å². The van der Waals surface area contributed by atoms with E-state index in [2.05, 4.69) is 10.6 Å². The molecule has 2 aliphatic rings. The molecule has 0 aromatic rings. The van der Waals surface area contributed by atoms with Gasteiger partial charge in [0, 0.05) is 18.5 Å². The van der Waals surface area contributed by atoms with Gasteiger partial charge >= 0.3 is 6.18 Å². The van der Waals surface area contributed by atoms with Crippen LogP contribution in [-0.2, 0) is 4.74 Å². The number of ether oxygens (including phenoxy) is 1. The third kappa shape index (κ3) is 2.74. The monoisotopic (exact) mass is 252 g/mol. The Bertz CT molecular complexity index is 266. The van der Waals surface area contributed by atoms with Crippen LogP contribution in [0.3, 0.4) is 0 Å². The molecule has 1 heterocycles. The molecule has 3 nitrogen and oxygen atoms in total. The minimum atomic E-state index is -4.12. The smallest absolute Gasteiger partial charge is 0.379 e. The lowest BCUT2D eigenvalue weighted by Gasteiger charge is -2.25. The second kappa shape index (κ2) is 4.74. The minimum Gasteiger partial charge on any atom is -0.379 e. The maximum Gasteiger partial charge on any atom is 0.406 e. The topological polar surface area (TPSA) is 33.3 Å². The molecular weight excluding hydrogens is 233 g/mol. The summed E-state index contributed by atoms with van der Waals surface area (Å²) >= 11 is 0. The normalized spacial score (nSPS) is 31.8. The first kappa shape index (κ1) is 13.1. The molecule has 0 amide bonds. The molecular formula is C11H19F3N2O. The summed E-state index contributed by atoms with van der Waals surface area (Å²) in [5, 5.41) is 5.94. The van der Waals surface area contributed by atoms with Gasteiger partial charge in [0.1, 0.15) is 5.54 Å². The number of nitrogens with one attached hydrogen (secondary N) is 2.